The van der Waals surface area contributed by atoms with Crippen LogP contribution >= 0.6 is 0 Å². The van der Waals surface area contributed by atoms with Crippen LogP contribution in [0.4, 0.5) is 10.5 Å². The van der Waals surface area contributed by atoms with Gasteiger partial charge in [0, 0.05) is 18.6 Å². The molecule has 0 aromatic heterocycles. The van der Waals surface area contributed by atoms with Crippen molar-refractivity contribution in [2.24, 2.45) is 0 Å². The van der Waals surface area contributed by atoms with Crippen molar-refractivity contribution in [2.45, 2.75) is 12.2 Å². The van der Waals surface area contributed by atoms with Gasteiger partial charge in [-0.15, -0.1) is 0 Å². The summed E-state index contributed by atoms with van der Waals surface area (Å²) in [6.07, 6.45) is -0.354. The summed E-state index contributed by atoms with van der Waals surface area (Å²) in [6.45, 7) is -0.0528. The number of aliphatic carboxylic acids is 1. The van der Waals surface area contributed by atoms with E-state index in [1.54, 1.807) is 30.3 Å². The van der Waals surface area contributed by atoms with Gasteiger partial charge in [-0.1, -0.05) is 48.5 Å². The highest BCUT2D eigenvalue weighted by molar-refractivity contribution is 6.00. The summed E-state index contributed by atoms with van der Waals surface area (Å²) in [5, 5.41) is 22.6. The molecule has 3 aromatic carbocycles. The largest absolute Gasteiger partial charge is 0.491 e. The summed E-state index contributed by atoms with van der Waals surface area (Å²) in [7, 11) is 1.39. The molecule has 0 aliphatic heterocycles. The molecule has 0 aliphatic rings. The number of fused-ring (bicyclic) bond motifs is 1. The number of rotatable bonds is 10. The topological polar surface area (TPSA) is 114 Å². The van der Waals surface area contributed by atoms with Crippen LogP contribution in [0, 0.1) is 0 Å². The minimum absolute atomic E-state index is 0.100. The fourth-order valence-electron chi connectivity index (χ4n) is 3.34. The fraction of sp³-hybridized carbons (Fsp3) is 0.200. The summed E-state index contributed by atoms with van der Waals surface area (Å²) in [5.41, 5.74) is 1.10. The molecule has 0 heterocycles. The van der Waals surface area contributed by atoms with Crippen LogP contribution in [0.5, 0.6) is 5.75 Å². The number of hydrogen-bond donors (Lipinski definition) is 3. The van der Waals surface area contributed by atoms with Crippen molar-refractivity contribution in [1.29, 1.82) is 0 Å². The lowest BCUT2D eigenvalue weighted by molar-refractivity contribution is -0.131. The summed E-state index contributed by atoms with van der Waals surface area (Å²) in [5.74, 6) is -0.697. The predicted octanol–water partition coefficient (Wildman–Crippen LogP) is 4.16. The molecule has 8 heteroatoms. The van der Waals surface area contributed by atoms with E-state index in [2.05, 4.69) is 5.32 Å². The Balaban J connectivity index is 1.88. The zero-order valence-electron chi connectivity index (χ0n) is 18.0. The zero-order valence-corrected chi connectivity index (χ0v) is 18.0. The van der Waals surface area contributed by atoms with Crippen LogP contribution in [0.2, 0.25) is 0 Å². The SMILES string of the molecule is CO[C@@H](/C=C/C(=O)O)[C@@H](OC(=O)Nc1cccc2ccccc12)c1cccc(OCCO)c1. The first kappa shape index (κ1) is 23.8. The Bertz CT molecular complexity index is 1120. The molecule has 1 amide bonds. The average molecular weight is 451 g/mol. The highest BCUT2D eigenvalue weighted by Gasteiger charge is 2.26. The van der Waals surface area contributed by atoms with Gasteiger partial charge in [0.15, 0.2) is 6.10 Å². The molecule has 33 heavy (non-hydrogen) atoms. The Morgan fingerprint density at radius 1 is 1.06 bits per heavy atom. The fourth-order valence-corrected chi connectivity index (χ4v) is 3.34. The van der Waals surface area contributed by atoms with Crippen molar-refractivity contribution in [3.63, 3.8) is 0 Å². The lowest BCUT2D eigenvalue weighted by atomic mass is 10.0. The quantitative estimate of drug-likeness (QED) is 0.397. The number of hydrogen-bond acceptors (Lipinski definition) is 6. The van der Waals surface area contributed by atoms with Crippen LogP contribution in [0.15, 0.2) is 78.9 Å². The van der Waals surface area contributed by atoms with Crippen LogP contribution in [0.1, 0.15) is 11.7 Å². The number of carbonyl (C=O) groups is 2. The minimum Gasteiger partial charge on any atom is -0.491 e. The van der Waals surface area contributed by atoms with Crippen molar-refractivity contribution >= 4 is 28.5 Å². The molecule has 3 aromatic rings. The van der Waals surface area contributed by atoms with Crippen molar-refractivity contribution in [3.8, 4) is 5.75 Å². The van der Waals surface area contributed by atoms with Gasteiger partial charge in [0.2, 0.25) is 0 Å². The van der Waals surface area contributed by atoms with E-state index in [0.717, 1.165) is 16.8 Å². The Morgan fingerprint density at radius 2 is 1.82 bits per heavy atom. The molecule has 0 saturated carbocycles. The van der Waals surface area contributed by atoms with Crippen LogP contribution < -0.4 is 10.1 Å². The lowest BCUT2D eigenvalue weighted by Crippen LogP contribution is -2.27. The highest BCUT2D eigenvalue weighted by Crippen LogP contribution is 2.29. The van der Waals surface area contributed by atoms with Gasteiger partial charge in [-0.2, -0.15) is 0 Å². The molecule has 0 fully saturated rings. The van der Waals surface area contributed by atoms with Crippen molar-refractivity contribution in [2.75, 3.05) is 25.6 Å². The van der Waals surface area contributed by atoms with Gasteiger partial charge in [-0.25, -0.2) is 9.59 Å². The molecule has 0 bridgehead atoms. The maximum atomic E-state index is 12.9. The standard InChI is InChI=1S/C25H25NO7/c1-31-22(12-13-23(28)29)24(18-8-4-9-19(16-18)32-15-14-27)33-25(30)26-21-11-5-7-17-6-2-3-10-20(17)21/h2-13,16,22,24,27H,14-15H2,1H3,(H,26,30)(H,28,29)/b13-12+/t22-,24-/m0/s1. The molecule has 0 spiro atoms. The van der Waals surface area contributed by atoms with Crippen molar-refractivity contribution in [3.05, 3.63) is 84.4 Å². The summed E-state index contributed by atoms with van der Waals surface area (Å²) in [4.78, 5) is 23.9. The zero-order chi connectivity index (χ0) is 23.6. The maximum Gasteiger partial charge on any atom is 0.412 e. The second kappa shape index (κ2) is 11.7. The number of carbonyl (C=O) groups excluding carboxylic acids is 1. The van der Waals surface area contributed by atoms with E-state index in [0.29, 0.717) is 17.0 Å². The number of aliphatic hydroxyl groups is 1. The van der Waals surface area contributed by atoms with E-state index >= 15 is 0 Å². The lowest BCUT2D eigenvalue weighted by Gasteiger charge is -2.25. The predicted molar refractivity (Wildman–Crippen MR) is 123 cm³/mol. The molecule has 0 saturated heterocycles. The Kier molecular flexibility index (Phi) is 8.40. The molecule has 0 radical (unpaired) electrons. The van der Waals surface area contributed by atoms with E-state index in [4.69, 9.17) is 24.4 Å². The van der Waals surface area contributed by atoms with Gasteiger partial charge in [0.1, 0.15) is 18.5 Å². The third-order valence-corrected chi connectivity index (χ3v) is 4.81. The van der Waals surface area contributed by atoms with Gasteiger partial charge >= 0.3 is 12.1 Å². The first-order valence-electron chi connectivity index (χ1n) is 10.2. The van der Waals surface area contributed by atoms with Crippen LogP contribution in [0.3, 0.4) is 0 Å². The number of carboxylic acids is 1. The third-order valence-electron chi connectivity index (χ3n) is 4.81. The van der Waals surface area contributed by atoms with E-state index in [9.17, 15) is 9.59 Å². The van der Waals surface area contributed by atoms with E-state index in [1.165, 1.54) is 13.2 Å². The number of methoxy groups -OCH3 is 1. The monoisotopic (exact) mass is 451 g/mol. The summed E-state index contributed by atoms with van der Waals surface area (Å²) < 4.78 is 16.6. The number of amides is 1. The molecule has 172 valence electrons. The van der Waals surface area contributed by atoms with Crippen LogP contribution in [-0.2, 0) is 14.3 Å². The molecular formula is C25H25NO7. The van der Waals surface area contributed by atoms with Gasteiger partial charge in [0.05, 0.1) is 12.3 Å². The second-order valence-corrected chi connectivity index (χ2v) is 7.02. The van der Waals surface area contributed by atoms with Gasteiger partial charge in [0.25, 0.3) is 0 Å². The maximum absolute atomic E-state index is 12.9. The van der Waals surface area contributed by atoms with Gasteiger partial charge in [-0.3, -0.25) is 5.32 Å². The van der Waals surface area contributed by atoms with Gasteiger partial charge in [-0.05, 0) is 35.2 Å². The smallest absolute Gasteiger partial charge is 0.412 e. The molecule has 2 atom stereocenters. The summed E-state index contributed by atoms with van der Waals surface area (Å²) in [6, 6.07) is 19.9. The van der Waals surface area contributed by atoms with Crippen LogP contribution in [-0.4, -0.2) is 48.7 Å². The molecule has 0 aliphatic carbocycles. The molecule has 3 N–H and O–H groups in total. The van der Waals surface area contributed by atoms with E-state index in [-0.39, 0.29) is 13.2 Å². The molecule has 8 nitrogen and oxygen atoms in total. The number of ether oxygens (including phenoxy) is 3. The highest BCUT2D eigenvalue weighted by atomic mass is 16.6. The first-order chi connectivity index (χ1) is 16.0. The molecule has 3 rings (SSSR count). The first-order valence-corrected chi connectivity index (χ1v) is 10.2. The van der Waals surface area contributed by atoms with Crippen LogP contribution in [0.25, 0.3) is 10.8 Å². The second-order valence-electron chi connectivity index (χ2n) is 7.02. The van der Waals surface area contributed by atoms with Crippen molar-refractivity contribution in [1.82, 2.24) is 0 Å². The third kappa shape index (κ3) is 6.55. The number of carboxylic acid groups (broad SMARTS) is 1. The molecular weight excluding hydrogens is 426 g/mol. The Labute approximate surface area is 191 Å². The number of anilines is 1. The van der Waals surface area contributed by atoms with Gasteiger partial charge < -0.3 is 24.4 Å². The number of aliphatic hydroxyl groups excluding tert-OH is 1. The average Bonchev–Trinajstić information content (AvgIpc) is 2.82. The Hall–Kier alpha value is -3.88. The van der Waals surface area contributed by atoms with E-state index in [1.807, 2.05) is 36.4 Å². The number of benzene rings is 3. The normalized spacial score (nSPS) is 12.9. The number of nitrogens with one attached hydrogen (secondary N) is 1. The minimum atomic E-state index is -1.16. The summed E-state index contributed by atoms with van der Waals surface area (Å²) >= 11 is 0. The van der Waals surface area contributed by atoms with E-state index < -0.39 is 24.3 Å². The Morgan fingerprint density at radius 3 is 2.58 bits per heavy atom. The molecule has 0 unspecified atom stereocenters. The van der Waals surface area contributed by atoms with Crippen molar-refractivity contribution < 1.29 is 34.0 Å².